The van der Waals surface area contributed by atoms with Crippen molar-refractivity contribution in [2.75, 3.05) is 26.9 Å². The highest BCUT2D eigenvalue weighted by molar-refractivity contribution is 9.10. The first kappa shape index (κ1) is 11.6. The second kappa shape index (κ2) is 4.68. The molecule has 0 aliphatic carbocycles. The van der Waals surface area contributed by atoms with Gasteiger partial charge in [0.15, 0.2) is 17.5 Å². The molecule has 3 rings (SSSR count). The fraction of sp³-hybridized carbons (Fsp3) is 0.417. The number of aliphatic imine (C=N–C) groups is 1. The van der Waals surface area contributed by atoms with Gasteiger partial charge in [0.05, 0.1) is 11.0 Å². The van der Waals surface area contributed by atoms with E-state index in [-0.39, 0.29) is 0 Å². The lowest BCUT2D eigenvalue weighted by atomic mass is 10.2. The Labute approximate surface area is 114 Å². The maximum Gasteiger partial charge on any atom is 0.231 e. The average Bonchev–Trinajstić information content (AvgIpc) is 2.95. The number of guanidine groups is 1. The van der Waals surface area contributed by atoms with E-state index in [1.165, 1.54) is 0 Å². The van der Waals surface area contributed by atoms with Crippen LogP contribution in [0.5, 0.6) is 11.5 Å². The van der Waals surface area contributed by atoms with Crippen LogP contribution in [-0.2, 0) is 6.54 Å². The summed E-state index contributed by atoms with van der Waals surface area (Å²) in [5.74, 6) is 2.53. The van der Waals surface area contributed by atoms with Gasteiger partial charge in [-0.3, -0.25) is 4.99 Å². The molecule has 0 saturated heterocycles. The first-order valence-corrected chi connectivity index (χ1v) is 6.61. The number of fused-ring (bicyclic) bond motifs is 1. The van der Waals surface area contributed by atoms with Gasteiger partial charge < -0.3 is 19.7 Å². The normalized spacial score (nSPS) is 17.0. The fourth-order valence-corrected chi connectivity index (χ4v) is 2.63. The Morgan fingerprint density at radius 3 is 3.11 bits per heavy atom. The van der Waals surface area contributed by atoms with E-state index in [0.717, 1.165) is 47.1 Å². The number of rotatable bonds is 2. The van der Waals surface area contributed by atoms with Crippen molar-refractivity contribution >= 4 is 21.9 Å². The van der Waals surface area contributed by atoms with Crippen molar-refractivity contribution in [2.24, 2.45) is 4.99 Å². The van der Waals surface area contributed by atoms with Crippen LogP contribution in [0.2, 0.25) is 0 Å². The molecular weight excluding hydrogens is 298 g/mol. The Morgan fingerprint density at radius 2 is 2.33 bits per heavy atom. The zero-order chi connectivity index (χ0) is 12.5. The van der Waals surface area contributed by atoms with Crippen LogP contribution in [0, 0.1) is 0 Å². The van der Waals surface area contributed by atoms with Crippen LogP contribution in [0.4, 0.5) is 0 Å². The number of ether oxygens (including phenoxy) is 2. The van der Waals surface area contributed by atoms with Crippen molar-refractivity contribution in [2.45, 2.75) is 6.54 Å². The van der Waals surface area contributed by atoms with Gasteiger partial charge in [-0.1, -0.05) is 0 Å². The summed E-state index contributed by atoms with van der Waals surface area (Å²) in [6.07, 6.45) is 0. The summed E-state index contributed by atoms with van der Waals surface area (Å²) in [5.41, 5.74) is 1.13. The van der Waals surface area contributed by atoms with E-state index in [4.69, 9.17) is 9.47 Å². The predicted octanol–water partition coefficient (Wildman–Crippen LogP) is 1.57. The predicted molar refractivity (Wildman–Crippen MR) is 72.0 cm³/mol. The van der Waals surface area contributed by atoms with Crippen molar-refractivity contribution in [1.29, 1.82) is 0 Å². The van der Waals surface area contributed by atoms with Gasteiger partial charge in [-0.2, -0.15) is 0 Å². The molecule has 0 radical (unpaired) electrons. The number of nitrogens with one attached hydrogen (secondary N) is 1. The molecule has 0 saturated carbocycles. The molecule has 0 bridgehead atoms. The van der Waals surface area contributed by atoms with E-state index in [1.807, 2.05) is 19.2 Å². The van der Waals surface area contributed by atoms with E-state index in [0.29, 0.717) is 6.79 Å². The molecule has 0 fully saturated rings. The number of nitrogens with zero attached hydrogens (tertiary/aromatic N) is 2. The third kappa shape index (κ3) is 2.12. The summed E-state index contributed by atoms with van der Waals surface area (Å²) < 4.78 is 11.7. The number of hydrogen-bond acceptors (Lipinski definition) is 5. The van der Waals surface area contributed by atoms with Gasteiger partial charge in [0.2, 0.25) is 6.79 Å². The lowest BCUT2D eigenvalue weighted by Gasteiger charge is -2.15. The first-order valence-electron chi connectivity index (χ1n) is 5.81. The standard InChI is InChI=1S/C12H14BrN3O2/c1-16-3-2-14-12(16)15-6-8-4-9(13)11-10(5-8)17-7-18-11/h4-5H,2-3,6-7H2,1H3,(H,14,15). The molecular formula is C12H14BrN3O2. The topological polar surface area (TPSA) is 46.1 Å². The van der Waals surface area contributed by atoms with Crippen LogP contribution >= 0.6 is 15.9 Å². The van der Waals surface area contributed by atoms with Gasteiger partial charge in [-0.25, -0.2) is 0 Å². The molecule has 1 aromatic carbocycles. The van der Waals surface area contributed by atoms with Gasteiger partial charge in [0, 0.05) is 20.1 Å². The van der Waals surface area contributed by atoms with Gasteiger partial charge in [0.1, 0.15) is 0 Å². The molecule has 96 valence electrons. The number of benzene rings is 1. The Bertz CT molecular complexity index is 504. The molecule has 5 nitrogen and oxygen atoms in total. The molecule has 0 aromatic heterocycles. The van der Waals surface area contributed by atoms with Gasteiger partial charge >= 0.3 is 0 Å². The molecule has 0 amide bonds. The maximum absolute atomic E-state index is 5.39. The van der Waals surface area contributed by atoms with E-state index in [2.05, 4.69) is 31.1 Å². The van der Waals surface area contributed by atoms with E-state index >= 15 is 0 Å². The third-order valence-corrected chi connectivity index (χ3v) is 3.59. The minimum Gasteiger partial charge on any atom is -0.454 e. The van der Waals surface area contributed by atoms with Crippen LogP contribution in [0.15, 0.2) is 21.6 Å². The van der Waals surface area contributed by atoms with Crippen molar-refractivity contribution in [3.63, 3.8) is 0 Å². The zero-order valence-corrected chi connectivity index (χ0v) is 11.7. The third-order valence-electron chi connectivity index (χ3n) is 3.00. The highest BCUT2D eigenvalue weighted by Crippen LogP contribution is 2.39. The Kier molecular flexibility index (Phi) is 3.03. The molecule has 2 aliphatic rings. The molecule has 2 heterocycles. The summed E-state index contributed by atoms with van der Waals surface area (Å²) in [6, 6.07) is 4.03. The molecule has 0 unspecified atom stereocenters. The minimum absolute atomic E-state index is 0.292. The van der Waals surface area contributed by atoms with Gasteiger partial charge in [-0.15, -0.1) is 0 Å². The highest BCUT2D eigenvalue weighted by Gasteiger charge is 2.18. The molecule has 2 aliphatic heterocycles. The average molecular weight is 312 g/mol. The fourth-order valence-electron chi connectivity index (χ4n) is 2.03. The quantitative estimate of drug-likeness (QED) is 0.900. The zero-order valence-electron chi connectivity index (χ0n) is 10.1. The Morgan fingerprint density at radius 1 is 1.44 bits per heavy atom. The molecule has 18 heavy (non-hydrogen) atoms. The minimum atomic E-state index is 0.292. The molecule has 0 atom stereocenters. The van der Waals surface area contributed by atoms with Crippen LogP contribution in [-0.4, -0.2) is 37.8 Å². The van der Waals surface area contributed by atoms with E-state index < -0.39 is 0 Å². The summed E-state index contributed by atoms with van der Waals surface area (Å²) in [4.78, 5) is 6.50. The van der Waals surface area contributed by atoms with Gasteiger partial charge in [0.25, 0.3) is 0 Å². The summed E-state index contributed by atoms with van der Waals surface area (Å²) in [7, 11) is 2.04. The number of halogens is 1. The second-order valence-electron chi connectivity index (χ2n) is 4.29. The lowest BCUT2D eigenvalue weighted by Crippen LogP contribution is -2.35. The number of hydrogen-bond donors (Lipinski definition) is 1. The summed E-state index contributed by atoms with van der Waals surface area (Å²) >= 11 is 3.49. The first-order chi connectivity index (χ1) is 8.74. The van der Waals surface area contributed by atoms with E-state index in [9.17, 15) is 0 Å². The second-order valence-corrected chi connectivity index (χ2v) is 5.15. The lowest BCUT2D eigenvalue weighted by molar-refractivity contribution is 0.173. The summed E-state index contributed by atoms with van der Waals surface area (Å²) in [5, 5.41) is 3.32. The van der Waals surface area contributed by atoms with Crippen LogP contribution < -0.4 is 14.8 Å². The van der Waals surface area contributed by atoms with Crippen molar-refractivity contribution < 1.29 is 9.47 Å². The maximum atomic E-state index is 5.39. The molecule has 0 spiro atoms. The van der Waals surface area contributed by atoms with Crippen molar-refractivity contribution in [3.8, 4) is 11.5 Å². The highest BCUT2D eigenvalue weighted by atomic mass is 79.9. The molecule has 1 aromatic rings. The van der Waals surface area contributed by atoms with Gasteiger partial charge in [-0.05, 0) is 33.6 Å². The van der Waals surface area contributed by atoms with Crippen LogP contribution in [0.25, 0.3) is 0 Å². The van der Waals surface area contributed by atoms with Crippen LogP contribution in [0.3, 0.4) is 0 Å². The SMILES string of the molecule is CN1CCN=C1NCc1cc(Br)c2c(c1)OCO2. The Hall–Kier alpha value is -1.43. The number of likely N-dealkylation sites (N-methyl/N-ethyl adjacent to an activating group) is 1. The monoisotopic (exact) mass is 311 g/mol. The van der Waals surface area contributed by atoms with Crippen molar-refractivity contribution in [3.05, 3.63) is 22.2 Å². The largest absolute Gasteiger partial charge is 0.454 e. The summed E-state index contributed by atoms with van der Waals surface area (Å²) in [6.45, 7) is 2.86. The van der Waals surface area contributed by atoms with Crippen molar-refractivity contribution in [1.82, 2.24) is 10.2 Å². The molecule has 6 heteroatoms. The van der Waals surface area contributed by atoms with Crippen LogP contribution in [0.1, 0.15) is 5.56 Å². The smallest absolute Gasteiger partial charge is 0.231 e. The Balaban J connectivity index is 1.72. The van der Waals surface area contributed by atoms with E-state index in [1.54, 1.807) is 0 Å². The molecule has 1 N–H and O–H groups in total.